The molecule has 6 heteroatoms. The highest BCUT2D eigenvalue weighted by molar-refractivity contribution is 5.20. The molecule has 2 fully saturated rings. The fourth-order valence-electron chi connectivity index (χ4n) is 2.99. The molecule has 2 saturated heterocycles. The van der Waals surface area contributed by atoms with E-state index in [1.807, 2.05) is 0 Å². The number of carbonyl (C=O) groups excluding carboxylic acids is 4. The molecule has 2 heterocycles. The lowest BCUT2D eigenvalue weighted by Crippen LogP contribution is -2.23. The van der Waals surface area contributed by atoms with Gasteiger partial charge in [0.15, 0.2) is 0 Å². The van der Waals surface area contributed by atoms with E-state index < -0.39 is 0 Å². The van der Waals surface area contributed by atoms with Crippen molar-refractivity contribution < 1.29 is 19.2 Å². The van der Waals surface area contributed by atoms with E-state index in [-0.39, 0.29) is 12.3 Å². The highest BCUT2D eigenvalue weighted by Crippen LogP contribution is 2.17. The van der Waals surface area contributed by atoms with Crippen LogP contribution in [-0.2, 0) is 19.2 Å². The van der Waals surface area contributed by atoms with Gasteiger partial charge in [0.2, 0.25) is 0 Å². The summed E-state index contributed by atoms with van der Waals surface area (Å²) in [4.78, 5) is 37.4. The van der Waals surface area contributed by atoms with Crippen molar-refractivity contribution in [3.05, 3.63) is 0 Å². The second kappa shape index (κ2) is 16.1. The standard InChI is InChI=1S/2C7H15N.2CO2/c2*1-3-7-5-4-6-8(7)2;2*2-1-3/h2*7H,3-6H2,1-2H3;;. The second-order valence-electron chi connectivity index (χ2n) is 5.54. The average molecular weight is 314 g/mol. The Morgan fingerprint density at radius 3 is 1.14 bits per heavy atom. The maximum absolute atomic E-state index is 8.12. The smallest absolute Gasteiger partial charge is 0.303 e. The summed E-state index contributed by atoms with van der Waals surface area (Å²) in [7, 11) is 4.45. The molecule has 2 rings (SSSR count). The van der Waals surface area contributed by atoms with Gasteiger partial charge in [-0.1, -0.05) is 13.8 Å². The summed E-state index contributed by atoms with van der Waals surface area (Å²) in [6, 6.07) is 1.80. The number of hydrogen-bond donors (Lipinski definition) is 0. The molecule has 2 atom stereocenters. The van der Waals surface area contributed by atoms with E-state index in [1.165, 1.54) is 51.6 Å². The van der Waals surface area contributed by atoms with Gasteiger partial charge in [0.25, 0.3) is 0 Å². The second-order valence-corrected chi connectivity index (χ2v) is 5.54. The van der Waals surface area contributed by atoms with Crippen LogP contribution >= 0.6 is 0 Å². The monoisotopic (exact) mass is 314 g/mol. The van der Waals surface area contributed by atoms with E-state index in [1.54, 1.807) is 0 Å². The van der Waals surface area contributed by atoms with Crippen LogP contribution in [0.3, 0.4) is 0 Å². The minimum Gasteiger partial charge on any atom is -0.303 e. The Balaban J connectivity index is 0. The normalized spacial score (nSPS) is 23.6. The van der Waals surface area contributed by atoms with Crippen LogP contribution < -0.4 is 0 Å². The number of likely N-dealkylation sites (tertiary alicyclic amines) is 2. The summed E-state index contributed by atoms with van der Waals surface area (Å²) in [5, 5.41) is 0. The first kappa shape index (κ1) is 23.0. The lowest BCUT2D eigenvalue weighted by atomic mass is 10.2. The largest absolute Gasteiger partial charge is 0.373 e. The van der Waals surface area contributed by atoms with E-state index in [9.17, 15) is 0 Å². The minimum absolute atomic E-state index is 0.250. The zero-order valence-electron chi connectivity index (χ0n) is 14.3. The SMILES string of the molecule is CCC1CCCN1C.CCC1CCCN1C.O=C=O.O=C=O. The molecule has 2 unspecified atom stereocenters. The molecule has 0 amide bonds. The first-order valence-corrected chi connectivity index (χ1v) is 7.91. The van der Waals surface area contributed by atoms with Gasteiger partial charge in [0.05, 0.1) is 0 Å². The van der Waals surface area contributed by atoms with Crippen molar-refractivity contribution in [3.63, 3.8) is 0 Å². The van der Waals surface area contributed by atoms with Crippen LogP contribution in [0.1, 0.15) is 52.4 Å². The summed E-state index contributed by atoms with van der Waals surface area (Å²) in [6.07, 6.45) is 8.83. The highest BCUT2D eigenvalue weighted by atomic mass is 16.2. The fraction of sp³-hybridized carbons (Fsp3) is 0.875. The summed E-state index contributed by atoms with van der Waals surface area (Å²) in [5.41, 5.74) is 0. The van der Waals surface area contributed by atoms with Crippen molar-refractivity contribution in [3.8, 4) is 0 Å². The van der Waals surface area contributed by atoms with Crippen LogP contribution in [0.25, 0.3) is 0 Å². The van der Waals surface area contributed by atoms with Gasteiger partial charge < -0.3 is 9.80 Å². The molecular formula is C16H30N2O4. The molecule has 0 bridgehead atoms. The van der Waals surface area contributed by atoms with Crippen molar-refractivity contribution >= 4 is 12.3 Å². The Labute approximate surface area is 133 Å². The molecule has 0 aliphatic carbocycles. The summed E-state index contributed by atoms with van der Waals surface area (Å²) < 4.78 is 0. The third-order valence-corrected chi connectivity index (χ3v) is 4.29. The molecule has 2 aliphatic rings. The quantitative estimate of drug-likeness (QED) is 0.774. The molecular weight excluding hydrogens is 284 g/mol. The van der Waals surface area contributed by atoms with Crippen molar-refractivity contribution in [1.82, 2.24) is 9.80 Å². The van der Waals surface area contributed by atoms with Crippen LogP contribution in [0.4, 0.5) is 0 Å². The topological polar surface area (TPSA) is 74.8 Å². The van der Waals surface area contributed by atoms with Crippen molar-refractivity contribution in [1.29, 1.82) is 0 Å². The van der Waals surface area contributed by atoms with Gasteiger partial charge in [-0.25, -0.2) is 0 Å². The van der Waals surface area contributed by atoms with Gasteiger partial charge in [-0.2, -0.15) is 19.2 Å². The van der Waals surface area contributed by atoms with Gasteiger partial charge in [0.1, 0.15) is 0 Å². The molecule has 0 spiro atoms. The van der Waals surface area contributed by atoms with E-state index in [2.05, 4.69) is 37.7 Å². The maximum atomic E-state index is 8.12. The maximum Gasteiger partial charge on any atom is 0.373 e. The lowest BCUT2D eigenvalue weighted by molar-refractivity contribution is -0.193. The number of nitrogens with zero attached hydrogens (tertiary/aromatic N) is 2. The van der Waals surface area contributed by atoms with Crippen LogP contribution in [0.15, 0.2) is 0 Å². The van der Waals surface area contributed by atoms with Crippen molar-refractivity contribution in [2.75, 3.05) is 27.2 Å². The van der Waals surface area contributed by atoms with Gasteiger partial charge in [-0.15, -0.1) is 0 Å². The first-order chi connectivity index (χ1) is 10.5. The van der Waals surface area contributed by atoms with E-state index in [0.717, 1.165) is 12.1 Å². The van der Waals surface area contributed by atoms with E-state index in [4.69, 9.17) is 19.2 Å². The lowest BCUT2D eigenvalue weighted by Gasteiger charge is -2.16. The van der Waals surface area contributed by atoms with E-state index >= 15 is 0 Å². The van der Waals surface area contributed by atoms with Crippen LogP contribution in [0, 0.1) is 0 Å². The van der Waals surface area contributed by atoms with Crippen molar-refractivity contribution in [2.45, 2.75) is 64.5 Å². The number of hydrogen-bond acceptors (Lipinski definition) is 6. The van der Waals surface area contributed by atoms with Crippen LogP contribution in [-0.4, -0.2) is 61.4 Å². The molecule has 0 aromatic rings. The van der Waals surface area contributed by atoms with Gasteiger partial charge in [-0.05, 0) is 65.7 Å². The number of rotatable bonds is 2. The Kier molecular flexibility index (Phi) is 16.8. The molecule has 6 nitrogen and oxygen atoms in total. The van der Waals surface area contributed by atoms with Crippen LogP contribution in [0.5, 0.6) is 0 Å². The predicted octanol–water partition coefficient (Wildman–Crippen LogP) is 1.81. The first-order valence-electron chi connectivity index (χ1n) is 7.91. The fourth-order valence-corrected chi connectivity index (χ4v) is 2.99. The molecule has 128 valence electrons. The highest BCUT2D eigenvalue weighted by Gasteiger charge is 2.18. The molecule has 0 aromatic heterocycles. The zero-order chi connectivity index (χ0) is 17.4. The summed E-state index contributed by atoms with van der Waals surface area (Å²) in [5.74, 6) is 0. The molecule has 22 heavy (non-hydrogen) atoms. The van der Waals surface area contributed by atoms with Gasteiger partial charge in [0, 0.05) is 12.1 Å². The molecule has 0 aromatic carbocycles. The average Bonchev–Trinajstić information content (AvgIpc) is 3.09. The summed E-state index contributed by atoms with van der Waals surface area (Å²) in [6.45, 7) is 7.18. The predicted molar refractivity (Wildman–Crippen MR) is 81.9 cm³/mol. The zero-order valence-corrected chi connectivity index (χ0v) is 14.3. The van der Waals surface area contributed by atoms with Crippen LogP contribution in [0.2, 0.25) is 0 Å². The van der Waals surface area contributed by atoms with E-state index in [0.29, 0.717) is 0 Å². The Morgan fingerprint density at radius 2 is 1.05 bits per heavy atom. The Bertz CT molecular complexity index is 292. The molecule has 0 radical (unpaired) electrons. The Hall–Kier alpha value is -1.32. The van der Waals surface area contributed by atoms with Gasteiger partial charge in [-0.3, -0.25) is 0 Å². The molecule has 0 N–H and O–H groups in total. The minimum atomic E-state index is 0.250. The third-order valence-electron chi connectivity index (χ3n) is 4.29. The summed E-state index contributed by atoms with van der Waals surface area (Å²) >= 11 is 0. The Morgan fingerprint density at radius 1 is 0.773 bits per heavy atom. The van der Waals surface area contributed by atoms with Gasteiger partial charge >= 0.3 is 12.3 Å². The third kappa shape index (κ3) is 11.4. The molecule has 2 aliphatic heterocycles. The van der Waals surface area contributed by atoms with Crippen molar-refractivity contribution in [2.24, 2.45) is 0 Å². The molecule has 0 saturated carbocycles.